The summed E-state index contributed by atoms with van der Waals surface area (Å²) in [7, 11) is 0. The molecule has 0 bridgehead atoms. The topological polar surface area (TPSA) is 47.9 Å². The summed E-state index contributed by atoms with van der Waals surface area (Å²) in [6.07, 6.45) is 0. The first-order valence-corrected chi connectivity index (χ1v) is 2.92. The van der Waals surface area contributed by atoms with E-state index in [2.05, 4.69) is 26.5 Å². The molecule has 2 nitrogen and oxygen atoms in total. The third kappa shape index (κ3) is 2.28. The molecule has 0 heterocycles. The summed E-state index contributed by atoms with van der Waals surface area (Å²) in [4.78, 5) is 0. The van der Waals surface area contributed by atoms with E-state index in [1.165, 1.54) is 0 Å². The summed E-state index contributed by atoms with van der Waals surface area (Å²) in [5.41, 5.74) is 3.93. The Hall–Kier alpha value is -0.0800. The molecule has 8 heavy (non-hydrogen) atoms. The fraction of sp³-hybridized carbons (Fsp3) is 1.00. The molecule has 2 heteroatoms. The summed E-state index contributed by atoms with van der Waals surface area (Å²) in [6.45, 7) is 6.40. The maximum atomic E-state index is 8.61. The minimum atomic E-state index is 0.148. The van der Waals surface area contributed by atoms with E-state index in [0.717, 1.165) is 0 Å². The fourth-order valence-corrected chi connectivity index (χ4v) is 0.274. The fourth-order valence-electron chi connectivity index (χ4n) is 0.274. The molecule has 50 valence electrons. The minimum Gasteiger partial charge on any atom is -0.390 e. The van der Waals surface area contributed by atoms with Crippen molar-refractivity contribution in [1.29, 1.82) is 0 Å². The molecule has 0 aliphatic rings. The second-order valence-corrected chi connectivity index (χ2v) is 3.25. The summed E-state index contributed by atoms with van der Waals surface area (Å²) in [5.74, 6) is 0. The molecule has 0 saturated carbocycles. The third-order valence-electron chi connectivity index (χ3n) is 1.45. The van der Waals surface area contributed by atoms with E-state index in [9.17, 15) is 0 Å². The smallest absolute Gasteiger partial charge is 0.113 e. The molecule has 0 saturated heterocycles. The number of quaternary nitrogens is 1. The Bertz CT molecular complexity index is 65.4. The van der Waals surface area contributed by atoms with Gasteiger partial charge in [-0.25, -0.2) is 0 Å². The zero-order valence-corrected chi connectivity index (χ0v) is 5.94. The number of aliphatic hydroxyl groups is 1. The second-order valence-electron chi connectivity index (χ2n) is 3.25. The Morgan fingerprint density at radius 3 is 1.88 bits per heavy atom. The molecule has 0 rings (SSSR count). The van der Waals surface area contributed by atoms with Gasteiger partial charge in [-0.2, -0.15) is 0 Å². The molecule has 0 radical (unpaired) electrons. The van der Waals surface area contributed by atoms with Gasteiger partial charge in [0, 0.05) is 5.41 Å². The monoisotopic (exact) mass is 118 g/mol. The minimum absolute atomic E-state index is 0.148. The van der Waals surface area contributed by atoms with Crippen molar-refractivity contribution in [3.63, 3.8) is 0 Å². The van der Waals surface area contributed by atoms with E-state index in [0.29, 0.717) is 0 Å². The van der Waals surface area contributed by atoms with Gasteiger partial charge in [0.15, 0.2) is 0 Å². The molecule has 0 spiro atoms. The van der Waals surface area contributed by atoms with Gasteiger partial charge in [-0.05, 0) is 0 Å². The van der Waals surface area contributed by atoms with E-state index in [-0.39, 0.29) is 18.1 Å². The van der Waals surface area contributed by atoms with Crippen molar-refractivity contribution < 1.29 is 10.8 Å². The Balaban J connectivity index is 3.62. The first-order chi connectivity index (χ1) is 3.48. The summed E-state index contributed by atoms with van der Waals surface area (Å²) in [5, 5.41) is 8.61. The highest BCUT2D eigenvalue weighted by atomic mass is 16.3. The normalized spacial score (nSPS) is 16.1. The lowest BCUT2D eigenvalue weighted by atomic mass is 9.88. The standard InChI is InChI=1S/C6H15NO/c1-6(2,3)5(7)4-8/h5,8H,4,7H2,1-3H3/p+1/t5-/m1/s1. The summed E-state index contributed by atoms with van der Waals surface area (Å²) >= 11 is 0. The zero-order valence-electron chi connectivity index (χ0n) is 5.94. The Kier molecular flexibility index (Phi) is 2.44. The average molecular weight is 118 g/mol. The van der Waals surface area contributed by atoms with Crippen LogP contribution in [-0.4, -0.2) is 17.8 Å². The molecule has 0 aliphatic heterocycles. The van der Waals surface area contributed by atoms with Gasteiger partial charge < -0.3 is 10.8 Å². The first-order valence-electron chi connectivity index (χ1n) is 2.92. The predicted octanol–water partition coefficient (Wildman–Crippen LogP) is -0.365. The third-order valence-corrected chi connectivity index (χ3v) is 1.45. The van der Waals surface area contributed by atoms with Crippen LogP contribution in [-0.2, 0) is 0 Å². The molecule has 0 fully saturated rings. The van der Waals surface area contributed by atoms with Crippen LogP contribution >= 0.6 is 0 Å². The molecule has 0 aromatic rings. The number of rotatable bonds is 1. The summed E-state index contributed by atoms with van der Waals surface area (Å²) < 4.78 is 0. The van der Waals surface area contributed by atoms with E-state index >= 15 is 0 Å². The van der Waals surface area contributed by atoms with Gasteiger partial charge in [0.25, 0.3) is 0 Å². The Labute approximate surface area is 50.7 Å². The lowest BCUT2D eigenvalue weighted by Crippen LogP contribution is -2.68. The van der Waals surface area contributed by atoms with Crippen molar-refractivity contribution in [1.82, 2.24) is 0 Å². The Morgan fingerprint density at radius 2 is 1.88 bits per heavy atom. The predicted molar refractivity (Wildman–Crippen MR) is 33.2 cm³/mol. The van der Waals surface area contributed by atoms with Crippen LogP contribution in [0.3, 0.4) is 0 Å². The van der Waals surface area contributed by atoms with Gasteiger partial charge in [-0.15, -0.1) is 0 Å². The van der Waals surface area contributed by atoms with E-state index in [1.807, 2.05) is 0 Å². The van der Waals surface area contributed by atoms with Gasteiger partial charge >= 0.3 is 0 Å². The van der Waals surface area contributed by atoms with Crippen LogP contribution in [0.15, 0.2) is 0 Å². The maximum absolute atomic E-state index is 8.61. The van der Waals surface area contributed by atoms with E-state index < -0.39 is 0 Å². The van der Waals surface area contributed by atoms with Gasteiger partial charge in [-0.3, -0.25) is 0 Å². The van der Waals surface area contributed by atoms with Crippen LogP contribution in [0.25, 0.3) is 0 Å². The molecular formula is C6H16NO+. The maximum Gasteiger partial charge on any atom is 0.113 e. The van der Waals surface area contributed by atoms with Crippen molar-refractivity contribution in [2.75, 3.05) is 6.61 Å². The molecule has 0 aliphatic carbocycles. The molecule has 0 aromatic carbocycles. The number of hydrogen-bond donors (Lipinski definition) is 2. The second kappa shape index (κ2) is 2.46. The molecule has 0 unspecified atom stereocenters. The lowest BCUT2D eigenvalue weighted by Gasteiger charge is -2.20. The average Bonchev–Trinajstić information content (AvgIpc) is 1.62. The molecule has 0 aromatic heterocycles. The molecule has 1 atom stereocenters. The highest BCUT2D eigenvalue weighted by molar-refractivity contribution is 4.69. The zero-order chi connectivity index (χ0) is 6.78. The molecular weight excluding hydrogens is 102 g/mol. The van der Waals surface area contributed by atoms with Gasteiger partial charge in [0.2, 0.25) is 0 Å². The van der Waals surface area contributed by atoms with Crippen LogP contribution in [0.4, 0.5) is 0 Å². The lowest BCUT2D eigenvalue weighted by molar-refractivity contribution is -0.448. The SMILES string of the molecule is CC(C)(C)[C@H]([NH3+])CO. The van der Waals surface area contributed by atoms with Gasteiger partial charge in [-0.1, -0.05) is 20.8 Å². The van der Waals surface area contributed by atoms with Crippen molar-refractivity contribution in [2.45, 2.75) is 26.8 Å². The highest BCUT2D eigenvalue weighted by Gasteiger charge is 2.22. The largest absolute Gasteiger partial charge is 0.390 e. The van der Waals surface area contributed by atoms with Crippen LogP contribution < -0.4 is 5.73 Å². The van der Waals surface area contributed by atoms with Gasteiger partial charge in [0.05, 0.1) is 6.61 Å². The number of aliphatic hydroxyl groups excluding tert-OH is 1. The molecule has 0 amide bonds. The molecule has 4 N–H and O–H groups in total. The van der Waals surface area contributed by atoms with Crippen molar-refractivity contribution in [2.24, 2.45) is 5.41 Å². The summed E-state index contributed by atoms with van der Waals surface area (Å²) in [6, 6.07) is 0.155. The van der Waals surface area contributed by atoms with Crippen molar-refractivity contribution >= 4 is 0 Å². The Morgan fingerprint density at radius 1 is 1.50 bits per heavy atom. The number of hydrogen-bond acceptors (Lipinski definition) is 1. The highest BCUT2D eigenvalue weighted by Crippen LogP contribution is 2.14. The quantitative estimate of drug-likeness (QED) is 0.485. The van der Waals surface area contributed by atoms with Crippen LogP contribution in [0, 0.1) is 5.41 Å². The van der Waals surface area contributed by atoms with E-state index in [1.54, 1.807) is 0 Å². The first kappa shape index (κ1) is 7.92. The van der Waals surface area contributed by atoms with E-state index in [4.69, 9.17) is 5.11 Å². The van der Waals surface area contributed by atoms with Crippen LogP contribution in [0.2, 0.25) is 0 Å². The van der Waals surface area contributed by atoms with Crippen LogP contribution in [0.1, 0.15) is 20.8 Å². The van der Waals surface area contributed by atoms with Crippen molar-refractivity contribution in [3.8, 4) is 0 Å². The van der Waals surface area contributed by atoms with Crippen molar-refractivity contribution in [3.05, 3.63) is 0 Å². The van der Waals surface area contributed by atoms with Crippen LogP contribution in [0.5, 0.6) is 0 Å². The van der Waals surface area contributed by atoms with Gasteiger partial charge in [0.1, 0.15) is 6.04 Å².